The van der Waals surface area contributed by atoms with Gasteiger partial charge >= 0.3 is 6.09 Å². The molecule has 1 heterocycles. The Labute approximate surface area is 213 Å². The van der Waals surface area contributed by atoms with Gasteiger partial charge in [-0.1, -0.05) is 56.0 Å². The van der Waals surface area contributed by atoms with Gasteiger partial charge in [-0.25, -0.2) is 9.78 Å². The molecule has 0 atom stereocenters. The van der Waals surface area contributed by atoms with Crippen LogP contribution >= 0.6 is 0 Å². The molecule has 0 spiro atoms. The van der Waals surface area contributed by atoms with Crippen LogP contribution in [0.15, 0.2) is 48.5 Å². The molecule has 0 aliphatic rings. The Bertz CT molecular complexity index is 1260. The number of nitrogens with zero attached hydrogens (tertiary/aromatic N) is 2. The minimum atomic E-state index is -3.49. The summed E-state index contributed by atoms with van der Waals surface area (Å²) >= 11 is 0. The molecular weight excluding hydrogens is 498 g/mol. The average molecular weight is 534 g/mol. The Morgan fingerprint density at radius 2 is 1.81 bits per heavy atom. The predicted molar refractivity (Wildman–Crippen MR) is 142 cm³/mol. The van der Waals surface area contributed by atoms with Crippen molar-refractivity contribution < 1.29 is 26.9 Å². The first-order valence-electron chi connectivity index (χ1n) is 11.8. The summed E-state index contributed by atoms with van der Waals surface area (Å²) < 4.78 is 40.5. The summed E-state index contributed by atoms with van der Waals surface area (Å²) in [5.41, 5.74) is 3.40. The Morgan fingerprint density at radius 1 is 1.06 bits per heavy atom. The first-order valence-corrected chi connectivity index (χ1v) is 17.4. The Balaban J connectivity index is 1.69. The number of imidazole rings is 1. The lowest BCUT2D eigenvalue weighted by atomic mass is 10.1. The van der Waals surface area contributed by atoms with Crippen molar-refractivity contribution in [3.05, 3.63) is 65.5 Å². The van der Waals surface area contributed by atoms with Crippen molar-refractivity contribution in [2.24, 2.45) is 0 Å². The fraction of sp³-hybridized carbons (Fsp3) is 0.440. The van der Waals surface area contributed by atoms with E-state index in [2.05, 4.69) is 25.0 Å². The standard InChI is InChI=1S/C25H35N3O6SSi/c1-35(30,31)34-13-12-20-10-11-23-22(16-20)27-24(28(23)19-32-14-15-36(2,3)4)17-26-25(29)33-18-21-8-6-5-7-9-21/h5-11,16H,12-15,17-19H2,1-4H3,(H,26,29). The smallest absolute Gasteiger partial charge is 0.407 e. The monoisotopic (exact) mass is 533 g/mol. The van der Waals surface area contributed by atoms with Crippen molar-refractivity contribution in [2.75, 3.05) is 19.5 Å². The molecule has 0 unspecified atom stereocenters. The van der Waals surface area contributed by atoms with Gasteiger partial charge in [0.1, 0.15) is 19.2 Å². The summed E-state index contributed by atoms with van der Waals surface area (Å²) in [6.45, 7) is 8.29. The van der Waals surface area contributed by atoms with Crippen LogP contribution < -0.4 is 5.32 Å². The first kappa shape index (κ1) is 27.8. The molecular formula is C25H35N3O6SSi. The number of hydrogen-bond acceptors (Lipinski definition) is 7. The van der Waals surface area contributed by atoms with E-state index in [0.717, 1.165) is 34.5 Å². The lowest BCUT2D eigenvalue weighted by molar-refractivity contribution is 0.0873. The maximum atomic E-state index is 12.3. The number of carbonyl (C=O) groups is 1. The van der Waals surface area contributed by atoms with Gasteiger partial charge in [-0.05, 0) is 35.7 Å². The Hall–Kier alpha value is -2.73. The van der Waals surface area contributed by atoms with Gasteiger partial charge in [0, 0.05) is 14.7 Å². The molecule has 1 aromatic heterocycles. The molecule has 0 aliphatic heterocycles. The summed E-state index contributed by atoms with van der Waals surface area (Å²) in [6.07, 6.45) is 0.933. The van der Waals surface area contributed by atoms with Gasteiger partial charge in [0.05, 0.1) is 30.4 Å². The summed E-state index contributed by atoms with van der Waals surface area (Å²) in [5, 5.41) is 2.77. The summed E-state index contributed by atoms with van der Waals surface area (Å²) in [5.74, 6) is 0.638. The minimum absolute atomic E-state index is 0.0620. The van der Waals surface area contributed by atoms with Gasteiger partial charge in [-0.2, -0.15) is 8.42 Å². The van der Waals surface area contributed by atoms with Crippen LogP contribution in [0.2, 0.25) is 25.7 Å². The second kappa shape index (κ2) is 12.5. The number of ether oxygens (including phenoxy) is 2. The first-order chi connectivity index (χ1) is 17.0. The van der Waals surface area contributed by atoms with Crippen LogP contribution in [0.5, 0.6) is 0 Å². The van der Waals surface area contributed by atoms with E-state index in [0.29, 0.717) is 25.6 Å². The van der Waals surface area contributed by atoms with E-state index < -0.39 is 24.3 Å². The van der Waals surface area contributed by atoms with Gasteiger partial charge in [-0.15, -0.1) is 0 Å². The fourth-order valence-electron chi connectivity index (χ4n) is 3.43. The lowest BCUT2D eigenvalue weighted by Gasteiger charge is -2.16. The maximum absolute atomic E-state index is 12.3. The summed E-state index contributed by atoms with van der Waals surface area (Å²) in [6, 6.07) is 16.3. The number of aromatic nitrogens is 2. The van der Waals surface area contributed by atoms with Crippen LogP contribution in [-0.2, 0) is 50.1 Å². The molecule has 0 radical (unpaired) electrons. The minimum Gasteiger partial charge on any atom is -0.445 e. The van der Waals surface area contributed by atoms with E-state index in [1.54, 1.807) is 0 Å². The van der Waals surface area contributed by atoms with Crippen LogP contribution in [0.4, 0.5) is 4.79 Å². The third-order valence-electron chi connectivity index (χ3n) is 5.40. The van der Waals surface area contributed by atoms with Crippen molar-refractivity contribution in [1.82, 2.24) is 14.9 Å². The van der Waals surface area contributed by atoms with E-state index >= 15 is 0 Å². The molecule has 196 valence electrons. The molecule has 2 aromatic carbocycles. The van der Waals surface area contributed by atoms with Crippen molar-refractivity contribution in [1.29, 1.82) is 0 Å². The Morgan fingerprint density at radius 3 is 2.50 bits per heavy atom. The zero-order valence-electron chi connectivity index (χ0n) is 21.3. The normalized spacial score (nSPS) is 12.1. The highest BCUT2D eigenvalue weighted by Gasteiger charge is 2.15. The molecule has 0 saturated carbocycles. The van der Waals surface area contributed by atoms with Gasteiger partial charge in [-0.3, -0.25) is 4.18 Å². The van der Waals surface area contributed by atoms with Crippen molar-refractivity contribution >= 4 is 35.3 Å². The van der Waals surface area contributed by atoms with Gasteiger partial charge in [0.2, 0.25) is 0 Å². The largest absolute Gasteiger partial charge is 0.445 e. The average Bonchev–Trinajstić information content (AvgIpc) is 3.15. The molecule has 0 fully saturated rings. The molecule has 11 heteroatoms. The van der Waals surface area contributed by atoms with E-state index in [1.807, 2.05) is 53.1 Å². The second-order valence-corrected chi connectivity index (χ2v) is 17.1. The molecule has 9 nitrogen and oxygen atoms in total. The zero-order chi connectivity index (χ0) is 26.2. The number of nitrogens with one attached hydrogen (secondary N) is 1. The third-order valence-corrected chi connectivity index (χ3v) is 7.70. The lowest BCUT2D eigenvalue weighted by Crippen LogP contribution is -2.26. The van der Waals surface area contributed by atoms with E-state index in [9.17, 15) is 13.2 Å². The van der Waals surface area contributed by atoms with E-state index in [4.69, 9.17) is 18.6 Å². The molecule has 36 heavy (non-hydrogen) atoms. The van der Waals surface area contributed by atoms with Crippen LogP contribution in [-0.4, -0.2) is 51.6 Å². The number of hydrogen-bond donors (Lipinski definition) is 1. The van der Waals surface area contributed by atoms with Gasteiger partial charge in [0.15, 0.2) is 0 Å². The molecule has 1 amide bonds. The number of benzene rings is 2. The highest BCUT2D eigenvalue weighted by atomic mass is 32.2. The molecule has 0 aliphatic carbocycles. The molecule has 0 saturated heterocycles. The van der Waals surface area contributed by atoms with Crippen LogP contribution in [0.1, 0.15) is 17.0 Å². The number of amides is 1. The number of alkyl carbamates (subject to hydrolysis) is 1. The highest BCUT2D eigenvalue weighted by molar-refractivity contribution is 7.85. The van der Waals surface area contributed by atoms with E-state index in [1.165, 1.54) is 0 Å². The van der Waals surface area contributed by atoms with Crippen LogP contribution in [0.3, 0.4) is 0 Å². The summed E-state index contributed by atoms with van der Waals surface area (Å²) in [7, 11) is -4.71. The van der Waals surface area contributed by atoms with Crippen LogP contribution in [0.25, 0.3) is 11.0 Å². The maximum Gasteiger partial charge on any atom is 0.407 e. The second-order valence-electron chi connectivity index (χ2n) is 9.82. The van der Waals surface area contributed by atoms with Crippen molar-refractivity contribution in [2.45, 2.75) is 52.0 Å². The SMILES string of the molecule is C[Si](C)(C)CCOCn1c(CNC(=O)OCc2ccccc2)nc2cc(CCOS(C)(=O)=O)ccc21. The molecule has 3 rings (SSSR count). The van der Waals surface area contributed by atoms with E-state index in [-0.39, 0.29) is 19.8 Å². The topological polar surface area (TPSA) is 109 Å². The number of carbonyl (C=O) groups excluding carboxylic acids is 1. The molecule has 3 aromatic rings. The van der Waals surface area contributed by atoms with Crippen molar-refractivity contribution in [3.63, 3.8) is 0 Å². The van der Waals surface area contributed by atoms with Crippen LogP contribution in [0, 0.1) is 0 Å². The number of fused-ring (bicyclic) bond motifs is 1. The third kappa shape index (κ3) is 9.38. The number of rotatable bonds is 13. The fourth-order valence-corrected chi connectivity index (χ4v) is 4.57. The van der Waals surface area contributed by atoms with Gasteiger partial charge < -0.3 is 19.4 Å². The zero-order valence-corrected chi connectivity index (χ0v) is 23.1. The molecule has 0 bridgehead atoms. The molecule has 1 N–H and O–H groups in total. The summed E-state index contributed by atoms with van der Waals surface area (Å²) in [4.78, 5) is 17.0. The highest BCUT2D eigenvalue weighted by Crippen LogP contribution is 2.20. The predicted octanol–water partition coefficient (Wildman–Crippen LogP) is 4.29. The van der Waals surface area contributed by atoms with Crippen molar-refractivity contribution in [3.8, 4) is 0 Å². The Kier molecular flexibility index (Phi) is 9.66. The quantitative estimate of drug-likeness (QED) is 0.198. The van der Waals surface area contributed by atoms with Gasteiger partial charge in [0.25, 0.3) is 10.1 Å².